The number of carbonyl (C=O) groups is 1. The number of rotatable bonds is 5. The van der Waals surface area contributed by atoms with Crippen molar-refractivity contribution >= 4 is 46.4 Å². The zero-order valence-electron chi connectivity index (χ0n) is 16.6. The van der Waals surface area contributed by atoms with E-state index in [9.17, 15) is 4.79 Å². The minimum Gasteiger partial charge on any atom is -0.360 e. The largest absolute Gasteiger partial charge is 0.360 e. The van der Waals surface area contributed by atoms with E-state index < -0.39 is 6.04 Å². The quantitative estimate of drug-likeness (QED) is 0.657. The minimum absolute atomic E-state index is 0.000448. The Labute approximate surface area is 187 Å². The summed E-state index contributed by atoms with van der Waals surface area (Å²) in [4.78, 5) is 17.0. The van der Waals surface area contributed by atoms with Crippen LogP contribution in [0.25, 0.3) is 0 Å². The number of nitrogens with zero attached hydrogens (tertiary/aromatic N) is 2. The first kappa shape index (κ1) is 22.2. The Hall–Kier alpha value is -1.46. The van der Waals surface area contributed by atoms with Gasteiger partial charge in [-0.15, -0.1) is 0 Å². The van der Waals surface area contributed by atoms with Crippen molar-refractivity contribution in [3.8, 4) is 0 Å². The summed E-state index contributed by atoms with van der Waals surface area (Å²) < 4.78 is 0. The number of piperazine rings is 1. The Morgan fingerprint density at radius 1 is 1.07 bits per heavy atom. The van der Waals surface area contributed by atoms with Crippen LogP contribution in [0.5, 0.6) is 0 Å². The van der Waals surface area contributed by atoms with Gasteiger partial charge in [0, 0.05) is 29.7 Å². The van der Waals surface area contributed by atoms with Gasteiger partial charge in [0.1, 0.15) is 0 Å². The minimum atomic E-state index is -0.480. The summed E-state index contributed by atoms with van der Waals surface area (Å²) in [5.41, 5.74) is 8.14. The van der Waals surface area contributed by atoms with E-state index in [-0.39, 0.29) is 11.9 Å². The third-order valence-electron chi connectivity index (χ3n) is 5.21. The average molecular weight is 455 g/mol. The Morgan fingerprint density at radius 3 is 2.34 bits per heavy atom. The van der Waals surface area contributed by atoms with Gasteiger partial charge in [0.05, 0.1) is 22.8 Å². The lowest BCUT2D eigenvalue weighted by Gasteiger charge is -2.44. The maximum Gasteiger partial charge on any atom is 0.239 e. The molecule has 2 atom stereocenters. The van der Waals surface area contributed by atoms with Crippen LogP contribution in [-0.2, 0) is 4.79 Å². The molecule has 1 heterocycles. The van der Waals surface area contributed by atoms with E-state index in [2.05, 4.69) is 18.7 Å². The molecule has 2 aromatic rings. The highest BCUT2D eigenvalue weighted by Gasteiger charge is 2.33. The third kappa shape index (κ3) is 5.37. The summed E-state index contributed by atoms with van der Waals surface area (Å²) in [6.07, 6.45) is 0.674. The molecule has 1 aliphatic rings. The van der Waals surface area contributed by atoms with Gasteiger partial charge in [-0.1, -0.05) is 60.8 Å². The van der Waals surface area contributed by atoms with Crippen molar-refractivity contribution < 1.29 is 4.79 Å². The highest BCUT2D eigenvalue weighted by molar-refractivity contribution is 6.36. The second kappa shape index (κ2) is 9.57. The first-order valence-electron chi connectivity index (χ1n) is 9.77. The second-order valence-electron chi connectivity index (χ2n) is 7.88. The molecule has 3 rings (SSSR count). The lowest BCUT2D eigenvalue weighted by molar-refractivity contribution is -0.133. The van der Waals surface area contributed by atoms with Crippen molar-refractivity contribution in [1.29, 1.82) is 0 Å². The molecule has 156 valence electrons. The lowest BCUT2D eigenvalue weighted by Crippen LogP contribution is -2.54. The van der Waals surface area contributed by atoms with Crippen molar-refractivity contribution in [3.05, 3.63) is 63.1 Å². The van der Waals surface area contributed by atoms with Crippen LogP contribution in [0.1, 0.15) is 31.9 Å². The maximum absolute atomic E-state index is 12.9. The molecular weight excluding hydrogens is 429 g/mol. The van der Waals surface area contributed by atoms with Crippen LogP contribution < -0.4 is 10.6 Å². The molecule has 0 aliphatic carbocycles. The number of hydrogen-bond acceptors (Lipinski definition) is 3. The Bertz CT molecular complexity index is 857. The third-order valence-corrected chi connectivity index (χ3v) is 6.00. The first-order valence-corrected chi connectivity index (χ1v) is 10.9. The molecule has 1 fully saturated rings. The number of carbonyl (C=O) groups excluding carboxylic acids is 1. The number of anilines is 1. The van der Waals surface area contributed by atoms with E-state index in [1.165, 1.54) is 0 Å². The van der Waals surface area contributed by atoms with Crippen LogP contribution in [0.4, 0.5) is 5.69 Å². The van der Waals surface area contributed by atoms with E-state index in [0.29, 0.717) is 47.0 Å². The maximum atomic E-state index is 12.9. The standard InChI is InChI=1S/C22H26Cl3N3O/c1-14(2)11-19(26)22(29)27-9-10-28(20-8-7-17(24)12-18(20)25)21(13-27)15-3-5-16(23)6-4-15/h3-8,12,14,19,21H,9-11,13,26H2,1-2H3/t19-,21+/m1/s1. The van der Waals surface area contributed by atoms with Crippen molar-refractivity contribution in [3.63, 3.8) is 0 Å². The first-order chi connectivity index (χ1) is 13.8. The van der Waals surface area contributed by atoms with Gasteiger partial charge in [0.25, 0.3) is 0 Å². The molecule has 2 N–H and O–H groups in total. The molecule has 1 saturated heterocycles. The van der Waals surface area contributed by atoms with Crippen LogP contribution >= 0.6 is 34.8 Å². The second-order valence-corrected chi connectivity index (χ2v) is 9.16. The van der Waals surface area contributed by atoms with Crippen molar-refractivity contribution in [1.82, 2.24) is 4.90 Å². The fourth-order valence-corrected chi connectivity index (χ4v) is 4.44. The molecule has 2 aromatic carbocycles. The highest BCUT2D eigenvalue weighted by atomic mass is 35.5. The average Bonchev–Trinajstić information content (AvgIpc) is 2.67. The fraction of sp³-hybridized carbons (Fsp3) is 0.409. The van der Waals surface area contributed by atoms with Crippen molar-refractivity contribution in [2.75, 3.05) is 24.5 Å². The molecular formula is C22H26Cl3N3O. The molecule has 0 spiro atoms. The van der Waals surface area contributed by atoms with Gasteiger partial charge in [-0.2, -0.15) is 0 Å². The zero-order chi connectivity index (χ0) is 21.1. The summed E-state index contributed by atoms with van der Waals surface area (Å²) in [7, 11) is 0. The van der Waals surface area contributed by atoms with Gasteiger partial charge in [-0.05, 0) is 48.2 Å². The predicted octanol–water partition coefficient (Wildman–Crippen LogP) is 5.41. The zero-order valence-corrected chi connectivity index (χ0v) is 18.9. The van der Waals surface area contributed by atoms with E-state index in [4.69, 9.17) is 40.5 Å². The lowest BCUT2D eigenvalue weighted by atomic mass is 9.99. The van der Waals surface area contributed by atoms with Gasteiger partial charge in [0.2, 0.25) is 5.91 Å². The molecule has 29 heavy (non-hydrogen) atoms. The van der Waals surface area contributed by atoms with E-state index in [1.54, 1.807) is 6.07 Å². The summed E-state index contributed by atoms with van der Waals surface area (Å²) in [5, 5.41) is 1.86. The number of amides is 1. The van der Waals surface area contributed by atoms with Crippen molar-refractivity contribution in [2.24, 2.45) is 11.7 Å². The van der Waals surface area contributed by atoms with Crippen LogP contribution in [0, 0.1) is 5.92 Å². The van der Waals surface area contributed by atoms with Gasteiger partial charge >= 0.3 is 0 Å². The number of halogens is 3. The topological polar surface area (TPSA) is 49.6 Å². The molecule has 0 bridgehead atoms. The highest BCUT2D eigenvalue weighted by Crippen LogP contribution is 2.37. The summed E-state index contributed by atoms with van der Waals surface area (Å²) in [6.45, 7) is 5.92. The molecule has 1 amide bonds. The Kier molecular flexibility index (Phi) is 7.33. The molecule has 1 aliphatic heterocycles. The molecule has 0 aromatic heterocycles. The SMILES string of the molecule is CC(C)C[C@@H](N)C(=O)N1CCN(c2ccc(Cl)cc2Cl)[C@H](c2ccc(Cl)cc2)C1. The summed E-state index contributed by atoms with van der Waals surface area (Å²) in [6, 6.07) is 12.7. The predicted molar refractivity (Wildman–Crippen MR) is 122 cm³/mol. The molecule has 0 saturated carbocycles. The Balaban J connectivity index is 1.90. The van der Waals surface area contributed by atoms with Gasteiger partial charge in [0.15, 0.2) is 0 Å². The number of nitrogens with two attached hydrogens (primary N) is 1. The monoisotopic (exact) mass is 453 g/mol. The molecule has 0 radical (unpaired) electrons. The fourth-order valence-electron chi connectivity index (χ4n) is 3.80. The van der Waals surface area contributed by atoms with Gasteiger partial charge < -0.3 is 15.5 Å². The molecule has 4 nitrogen and oxygen atoms in total. The summed E-state index contributed by atoms with van der Waals surface area (Å²) >= 11 is 18.7. The molecule has 0 unspecified atom stereocenters. The number of benzene rings is 2. The van der Waals surface area contributed by atoms with Crippen LogP contribution in [0.3, 0.4) is 0 Å². The van der Waals surface area contributed by atoms with Crippen LogP contribution in [0.2, 0.25) is 15.1 Å². The van der Waals surface area contributed by atoms with Crippen molar-refractivity contribution in [2.45, 2.75) is 32.4 Å². The van der Waals surface area contributed by atoms with Crippen LogP contribution in [0.15, 0.2) is 42.5 Å². The molecule has 7 heteroatoms. The normalized spacial score (nSPS) is 18.2. The van der Waals surface area contributed by atoms with Crippen LogP contribution in [-0.4, -0.2) is 36.5 Å². The van der Waals surface area contributed by atoms with E-state index in [0.717, 1.165) is 11.3 Å². The van der Waals surface area contributed by atoms with E-state index in [1.807, 2.05) is 41.3 Å². The smallest absolute Gasteiger partial charge is 0.239 e. The number of hydrogen-bond donors (Lipinski definition) is 1. The Morgan fingerprint density at radius 2 is 1.72 bits per heavy atom. The van der Waals surface area contributed by atoms with Gasteiger partial charge in [-0.3, -0.25) is 4.79 Å². The van der Waals surface area contributed by atoms with Gasteiger partial charge in [-0.25, -0.2) is 0 Å². The van der Waals surface area contributed by atoms with E-state index >= 15 is 0 Å². The summed E-state index contributed by atoms with van der Waals surface area (Å²) in [5.74, 6) is 0.370.